The van der Waals surface area contributed by atoms with Gasteiger partial charge in [-0.05, 0) is 57.2 Å². The van der Waals surface area contributed by atoms with Gasteiger partial charge < -0.3 is 0 Å². The second kappa shape index (κ2) is 5.20. The van der Waals surface area contributed by atoms with Crippen molar-refractivity contribution in [1.29, 1.82) is 0 Å². The zero-order valence-corrected chi connectivity index (χ0v) is 11.7. The molecule has 0 bridgehead atoms. The zero-order chi connectivity index (χ0) is 13.4. The number of allylic oxidation sites excluding steroid dienone is 2. The normalized spacial score (nSPS) is 39.3. The van der Waals surface area contributed by atoms with Crippen molar-refractivity contribution in [2.75, 3.05) is 13.1 Å². The molecular formula is C16H23NO2. The quantitative estimate of drug-likeness (QED) is 0.715. The van der Waals surface area contributed by atoms with Crippen molar-refractivity contribution in [3.05, 3.63) is 12.2 Å². The summed E-state index contributed by atoms with van der Waals surface area (Å²) in [6.45, 7) is 4.32. The molecule has 3 aliphatic rings. The van der Waals surface area contributed by atoms with Crippen molar-refractivity contribution in [2.45, 2.75) is 45.1 Å². The highest BCUT2D eigenvalue weighted by atomic mass is 16.2. The molecule has 0 radical (unpaired) electrons. The smallest absolute Gasteiger partial charge is 0.166 e. The van der Waals surface area contributed by atoms with Gasteiger partial charge in [0.05, 0.1) is 5.92 Å². The second-order valence-electron chi connectivity index (χ2n) is 6.39. The average molecular weight is 261 g/mol. The molecule has 0 aromatic rings. The molecule has 0 spiro atoms. The number of ketones is 2. The Bertz CT molecular complexity index is 415. The van der Waals surface area contributed by atoms with Gasteiger partial charge in [-0.1, -0.05) is 13.0 Å². The molecule has 2 saturated heterocycles. The van der Waals surface area contributed by atoms with Crippen LogP contribution < -0.4 is 0 Å². The van der Waals surface area contributed by atoms with E-state index in [1.165, 1.54) is 6.42 Å². The Morgan fingerprint density at radius 1 is 1.26 bits per heavy atom. The first-order chi connectivity index (χ1) is 9.18. The van der Waals surface area contributed by atoms with Gasteiger partial charge in [-0.2, -0.15) is 0 Å². The highest BCUT2D eigenvalue weighted by molar-refractivity contribution is 6.09. The molecule has 3 nitrogen and oxygen atoms in total. The average Bonchev–Trinajstić information content (AvgIpc) is 2.86. The van der Waals surface area contributed by atoms with Gasteiger partial charge in [0.15, 0.2) is 5.78 Å². The maximum absolute atomic E-state index is 12.8. The van der Waals surface area contributed by atoms with E-state index in [1.807, 2.05) is 13.0 Å². The molecule has 4 atom stereocenters. The van der Waals surface area contributed by atoms with E-state index in [9.17, 15) is 9.59 Å². The van der Waals surface area contributed by atoms with E-state index in [1.54, 1.807) is 6.08 Å². The Kier molecular flexibility index (Phi) is 3.57. The third-order valence-corrected chi connectivity index (χ3v) is 5.18. The number of hydrogen-bond donors (Lipinski definition) is 0. The lowest BCUT2D eigenvalue weighted by atomic mass is 9.73. The summed E-state index contributed by atoms with van der Waals surface area (Å²) in [5.74, 6) is 0.203. The SMILES string of the molecule is C[C@H]1CC=CC(=O)[C@@H]1C(=O)[C@@H]1CCCN2CCC[C@@H]12. The van der Waals surface area contributed by atoms with Crippen LogP contribution in [0.5, 0.6) is 0 Å². The number of Topliss-reactive ketones (excluding diaryl/α,β-unsaturated/α-hetero) is 1. The summed E-state index contributed by atoms with van der Waals surface area (Å²) in [5.41, 5.74) is 0. The van der Waals surface area contributed by atoms with Gasteiger partial charge in [-0.3, -0.25) is 14.5 Å². The minimum Gasteiger partial charge on any atom is -0.300 e. The maximum atomic E-state index is 12.8. The number of piperidine rings is 1. The molecule has 3 heteroatoms. The van der Waals surface area contributed by atoms with Crippen molar-refractivity contribution in [1.82, 2.24) is 4.90 Å². The molecule has 2 heterocycles. The Hall–Kier alpha value is -0.960. The summed E-state index contributed by atoms with van der Waals surface area (Å²) in [7, 11) is 0. The molecule has 104 valence electrons. The lowest BCUT2D eigenvalue weighted by Gasteiger charge is -2.38. The van der Waals surface area contributed by atoms with Crippen molar-refractivity contribution in [3.8, 4) is 0 Å². The van der Waals surface area contributed by atoms with Crippen LogP contribution in [-0.4, -0.2) is 35.6 Å². The van der Waals surface area contributed by atoms with E-state index < -0.39 is 0 Å². The number of carbonyl (C=O) groups excluding carboxylic acids is 2. The predicted octanol–water partition coefficient (Wildman–Crippen LogP) is 2.21. The Balaban J connectivity index is 1.79. The summed E-state index contributed by atoms with van der Waals surface area (Å²) < 4.78 is 0. The summed E-state index contributed by atoms with van der Waals surface area (Å²) in [6.07, 6.45) is 8.85. The third kappa shape index (κ3) is 2.29. The highest BCUT2D eigenvalue weighted by Crippen LogP contribution is 2.36. The molecule has 0 N–H and O–H groups in total. The van der Waals surface area contributed by atoms with Crippen LogP contribution in [0.3, 0.4) is 0 Å². The van der Waals surface area contributed by atoms with Crippen LogP contribution in [0.2, 0.25) is 0 Å². The monoisotopic (exact) mass is 261 g/mol. The van der Waals surface area contributed by atoms with E-state index >= 15 is 0 Å². The first-order valence-electron chi connectivity index (χ1n) is 7.66. The highest BCUT2D eigenvalue weighted by Gasteiger charge is 2.43. The first kappa shape index (κ1) is 13.0. The molecule has 0 aromatic heterocycles. The molecule has 0 saturated carbocycles. The topological polar surface area (TPSA) is 37.4 Å². The van der Waals surface area contributed by atoms with Gasteiger partial charge in [0, 0.05) is 12.0 Å². The molecular weight excluding hydrogens is 238 g/mol. The largest absolute Gasteiger partial charge is 0.300 e. The van der Waals surface area contributed by atoms with Crippen LogP contribution >= 0.6 is 0 Å². The summed E-state index contributed by atoms with van der Waals surface area (Å²) in [6, 6.07) is 0.423. The van der Waals surface area contributed by atoms with Crippen molar-refractivity contribution < 1.29 is 9.59 Å². The summed E-state index contributed by atoms with van der Waals surface area (Å²) in [5, 5.41) is 0. The van der Waals surface area contributed by atoms with Gasteiger partial charge in [-0.15, -0.1) is 0 Å². The predicted molar refractivity (Wildman–Crippen MR) is 73.7 cm³/mol. The van der Waals surface area contributed by atoms with E-state index in [4.69, 9.17) is 0 Å². The zero-order valence-electron chi connectivity index (χ0n) is 11.7. The molecule has 0 unspecified atom stereocenters. The Morgan fingerprint density at radius 3 is 2.74 bits per heavy atom. The fourth-order valence-corrected chi connectivity index (χ4v) is 4.19. The standard InChI is InChI=1S/C16H23NO2/c1-11-5-2-8-14(18)15(11)16(19)12-6-3-9-17-10-4-7-13(12)17/h2,8,11-13,15H,3-7,9-10H2,1H3/t11-,12+,13-,15+/m0/s1. The van der Waals surface area contributed by atoms with Gasteiger partial charge in [0.25, 0.3) is 0 Å². The Labute approximate surface area is 115 Å². The van der Waals surface area contributed by atoms with Crippen LogP contribution in [0.15, 0.2) is 12.2 Å². The van der Waals surface area contributed by atoms with E-state index in [0.717, 1.165) is 38.8 Å². The van der Waals surface area contributed by atoms with Crippen molar-refractivity contribution >= 4 is 11.6 Å². The fourth-order valence-electron chi connectivity index (χ4n) is 4.19. The van der Waals surface area contributed by atoms with Crippen LogP contribution in [0.25, 0.3) is 0 Å². The molecule has 0 amide bonds. The Morgan fingerprint density at radius 2 is 2.00 bits per heavy atom. The van der Waals surface area contributed by atoms with Crippen LogP contribution in [0.1, 0.15) is 39.0 Å². The molecule has 0 aromatic carbocycles. The minimum atomic E-state index is -0.365. The maximum Gasteiger partial charge on any atom is 0.166 e. The molecule has 19 heavy (non-hydrogen) atoms. The van der Waals surface area contributed by atoms with Gasteiger partial charge in [0.1, 0.15) is 5.78 Å². The van der Waals surface area contributed by atoms with Gasteiger partial charge >= 0.3 is 0 Å². The number of rotatable bonds is 2. The first-order valence-corrected chi connectivity index (χ1v) is 7.66. The fraction of sp³-hybridized carbons (Fsp3) is 0.750. The van der Waals surface area contributed by atoms with E-state index in [2.05, 4.69) is 4.90 Å². The van der Waals surface area contributed by atoms with Gasteiger partial charge in [0.2, 0.25) is 0 Å². The van der Waals surface area contributed by atoms with Crippen molar-refractivity contribution in [3.63, 3.8) is 0 Å². The van der Waals surface area contributed by atoms with Crippen molar-refractivity contribution in [2.24, 2.45) is 17.8 Å². The van der Waals surface area contributed by atoms with Crippen LogP contribution in [0.4, 0.5) is 0 Å². The van der Waals surface area contributed by atoms with Crippen LogP contribution in [0, 0.1) is 17.8 Å². The van der Waals surface area contributed by atoms with E-state index in [-0.39, 0.29) is 29.3 Å². The summed E-state index contributed by atoms with van der Waals surface area (Å²) in [4.78, 5) is 27.4. The minimum absolute atomic E-state index is 0.0406. The number of fused-ring (bicyclic) bond motifs is 1. The number of nitrogens with zero attached hydrogens (tertiary/aromatic N) is 1. The molecule has 2 aliphatic heterocycles. The van der Waals surface area contributed by atoms with Gasteiger partial charge in [-0.25, -0.2) is 0 Å². The third-order valence-electron chi connectivity index (χ3n) is 5.18. The number of hydrogen-bond acceptors (Lipinski definition) is 3. The lowest BCUT2D eigenvalue weighted by Crippen LogP contribution is -2.47. The summed E-state index contributed by atoms with van der Waals surface area (Å²) >= 11 is 0. The molecule has 2 fully saturated rings. The van der Waals surface area contributed by atoms with E-state index in [0.29, 0.717) is 6.04 Å². The molecule has 1 aliphatic carbocycles. The van der Waals surface area contributed by atoms with Crippen LogP contribution in [-0.2, 0) is 9.59 Å². The number of carbonyl (C=O) groups is 2. The second-order valence-corrected chi connectivity index (χ2v) is 6.39. The lowest BCUT2D eigenvalue weighted by molar-refractivity contribution is -0.137. The molecule has 3 rings (SSSR count).